The number of amides is 1. The minimum atomic E-state index is -0.490. The van der Waals surface area contributed by atoms with Gasteiger partial charge in [-0.1, -0.05) is 12.1 Å². The van der Waals surface area contributed by atoms with E-state index < -0.39 is 6.09 Å². The van der Waals surface area contributed by atoms with Crippen molar-refractivity contribution in [3.8, 4) is 0 Å². The smallest absolute Gasteiger partial charge is 0.411 e. The van der Waals surface area contributed by atoms with E-state index in [0.29, 0.717) is 5.69 Å². The Bertz CT molecular complexity index is 694. The summed E-state index contributed by atoms with van der Waals surface area (Å²) in [6.07, 6.45) is 1.16. The molecular weight excluding hydrogens is 304 g/mol. The van der Waals surface area contributed by atoms with E-state index in [-0.39, 0.29) is 0 Å². The van der Waals surface area contributed by atoms with Crippen molar-refractivity contribution in [3.05, 3.63) is 48.2 Å². The second-order valence-electron chi connectivity index (χ2n) is 5.83. The zero-order valence-corrected chi connectivity index (χ0v) is 14.0. The quantitative estimate of drug-likeness (QED) is 0.940. The molecule has 1 aromatic carbocycles. The maximum Gasteiger partial charge on any atom is 0.411 e. The van der Waals surface area contributed by atoms with E-state index in [0.717, 1.165) is 32.0 Å². The molecule has 0 saturated carbocycles. The van der Waals surface area contributed by atoms with Crippen LogP contribution in [0.4, 0.5) is 22.0 Å². The number of carbonyl (C=O) groups is 1. The maximum atomic E-state index is 11.2. The predicted octanol–water partition coefficient (Wildman–Crippen LogP) is 2.89. The third kappa shape index (κ3) is 3.76. The Morgan fingerprint density at radius 2 is 1.88 bits per heavy atom. The molecule has 1 aromatic heterocycles. The number of nitrogens with zero attached hydrogens (tertiary/aromatic N) is 3. The Hall–Kier alpha value is -2.76. The first-order chi connectivity index (χ1) is 11.7. The Morgan fingerprint density at radius 3 is 2.50 bits per heavy atom. The first-order valence-corrected chi connectivity index (χ1v) is 8.03. The number of anilines is 3. The number of hydrogen-bond acceptors (Lipinski definition) is 5. The topological polar surface area (TPSA) is 57.7 Å². The molecule has 6 nitrogen and oxygen atoms in total. The van der Waals surface area contributed by atoms with Crippen molar-refractivity contribution in [2.45, 2.75) is 6.92 Å². The number of methoxy groups -OCH3 is 1. The first-order valence-electron chi connectivity index (χ1n) is 8.03. The van der Waals surface area contributed by atoms with Gasteiger partial charge < -0.3 is 14.5 Å². The second-order valence-corrected chi connectivity index (χ2v) is 5.83. The van der Waals surface area contributed by atoms with Gasteiger partial charge in [0, 0.05) is 31.9 Å². The van der Waals surface area contributed by atoms with Gasteiger partial charge in [0.2, 0.25) is 0 Å². The zero-order chi connectivity index (χ0) is 16.9. The van der Waals surface area contributed by atoms with Gasteiger partial charge in [-0.25, -0.2) is 9.78 Å². The van der Waals surface area contributed by atoms with Crippen LogP contribution in [-0.4, -0.2) is 44.4 Å². The van der Waals surface area contributed by atoms with Crippen LogP contribution in [0.25, 0.3) is 0 Å². The molecule has 1 fully saturated rings. The monoisotopic (exact) mass is 326 g/mol. The van der Waals surface area contributed by atoms with Gasteiger partial charge in [0.05, 0.1) is 19.0 Å². The van der Waals surface area contributed by atoms with Gasteiger partial charge in [-0.3, -0.25) is 5.32 Å². The Kier molecular flexibility index (Phi) is 4.84. The van der Waals surface area contributed by atoms with Crippen LogP contribution in [0, 0.1) is 6.92 Å². The lowest BCUT2D eigenvalue weighted by atomic mass is 10.2. The molecule has 2 aromatic rings. The van der Waals surface area contributed by atoms with Crippen molar-refractivity contribution in [2.75, 3.05) is 48.4 Å². The number of aromatic nitrogens is 1. The van der Waals surface area contributed by atoms with Crippen LogP contribution in [-0.2, 0) is 4.74 Å². The number of pyridine rings is 1. The third-order valence-electron chi connectivity index (χ3n) is 4.15. The van der Waals surface area contributed by atoms with Gasteiger partial charge >= 0.3 is 6.09 Å². The highest BCUT2D eigenvalue weighted by Gasteiger charge is 2.18. The lowest BCUT2D eigenvalue weighted by Crippen LogP contribution is -2.46. The number of piperazine rings is 1. The van der Waals surface area contributed by atoms with Crippen molar-refractivity contribution in [3.63, 3.8) is 0 Å². The summed E-state index contributed by atoms with van der Waals surface area (Å²) >= 11 is 0. The summed E-state index contributed by atoms with van der Waals surface area (Å²) in [6.45, 7) is 5.89. The summed E-state index contributed by atoms with van der Waals surface area (Å²) < 4.78 is 4.57. The van der Waals surface area contributed by atoms with Crippen molar-refractivity contribution in [1.82, 2.24) is 4.98 Å². The van der Waals surface area contributed by atoms with E-state index in [1.54, 1.807) is 6.20 Å². The molecule has 2 heterocycles. The van der Waals surface area contributed by atoms with Crippen molar-refractivity contribution >= 4 is 23.3 Å². The standard InChI is InChI=1S/C18H22N4O2/c1-14-4-3-5-16(12-14)21-8-10-22(11-9-21)17-7-6-15(13-19-17)20-18(23)24-2/h3-7,12-13H,8-11H2,1-2H3,(H,20,23). The Morgan fingerprint density at radius 1 is 1.12 bits per heavy atom. The largest absolute Gasteiger partial charge is 0.453 e. The number of hydrogen-bond donors (Lipinski definition) is 1. The molecule has 1 saturated heterocycles. The molecule has 6 heteroatoms. The molecule has 1 aliphatic heterocycles. The minimum absolute atomic E-state index is 0.490. The molecule has 126 valence electrons. The number of carbonyl (C=O) groups excluding carboxylic acids is 1. The van der Waals surface area contributed by atoms with Crippen LogP contribution in [0.1, 0.15) is 5.56 Å². The summed E-state index contributed by atoms with van der Waals surface area (Å²) in [4.78, 5) is 20.3. The fraction of sp³-hybridized carbons (Fsp3) is 0.333. The van der Waals surface area contributed by atoms with Crippen molar-refractivity contribution in [2.24, 2.45) is 0 Å². The molecule has 1 aliphatic rings. The molecule has 0 unspecified atom stereocenters. The summed E-state index contributed by atoms with van der Waals surface area (Å²) in [5.74, 6) is 0.925. The molecule has 0 radical (unpaired) electrons. The average Bonchev–Trinajstić information content (AvgIpc) is 2.62. The highest BCUT2D eigenvalue weighted by atomic mass is 16.5. The van der Waals surface area contributed by atoms with E-state index >= 15 is 0 Å². The van der Waals surface area contributed by atoms with Crippen LogP contribution >= 0.6 is 0 Å². The van der Waals surface area contributed by atoms with Crippen LogP contribution in [0.2, 0.25) is 0 Å². The number of ether oxygens (including phenoxy) is 1. The van der Waals surface area contributed by atoms with Crippen LogP contribution in [0.5, 0.6) is 0 Å². The summed E-state index contributed by atoms with van der Waals surface area (Å²) in [7, 11) is 1.34. The lowest BCUT2D eigenvalue weighted by molar-refractivity contribution is 0.187. The molecule has 3 rings (SSSR count). The predicted molar refractivity (Wildman–Crippen MR) is 95.9 cm³/mol. The molecule has 1 amide bonds. The highest BCUT2D eigenvalue weighted by molar-refractivity contribution is 5.84. The van der Waals surface area contributed by atoms with Gasteiger partial charge in [0.1, 0.15) is 5.82 Å². The molecule has 24 heavy (non-hydrogen) atoms. The minimum Gasteiger partial charge on any atom is -0.453 e. The fourth-order valence-electron chi connectivity index (χ4n) is 2.83. The van der Waals surface area contributed by atoms with Crippen molar-refractivity contribution in [1.29, 1.82) is 0 Å². The number of rotatable bonds is 3. The van der Waals surface area contributed by atoms with Crippen LogP contribution < -0.4 is 15.1 Å². The average molecular weight is 326 g/mol. The van der Waals surface area contributed by atoms with E-state index in [9.17, 15) is 4.79 Å². The Balaban J connectivity index is 1.59. The zero-order valence-electron chi connectivity index (χ0n) is 14.0. The molecule has 0 atom stereocenters. The van der Waals surface area contributed by atoms with Crippen LogP contribution in [0.3, 0.4) is 0 Å². The normalized spacial score (nSPS) is 14.4. The van der Waals surface area contributed by atoms with Gasteiger partial charge in [-0.2, -0.15) is 0 Å². The molecule has 0 bridgehead atoms. The molecule has 1 N–H and O–H groups in total. The van der Waals surface area contributed by atoms with E-state index in [1.165, 1.54) is 18.4 Å². The lowest BCUT2D eigenvalue weighted by Gasteiger charge is -2.36. The van der Waals surface area contributed by atoms with E-state index in [2.05, 4.69) is 56.0 Å². The SMILES string of the molecule is COC(=O)Nc1ccc(N2CCN(c3cccc(C)c3)CC2)nc1. The summed E-state index contributed by atoms with van der Waals surface area (Å²) in [6, 6.07) is 12.4. The van der Waals surface area contributed by atoms with Gasteiger partial charge in [0.15, 0.2) is 0 Å². The number of benzene rings is 1. The van der Waals surface area contributed by atoms with Crippen LogP contribution in [0.15, 0.2) is 42.6 Å². The summed E-state index contributed by atoms with van der Waals surface area (Å²) in [5.41, 5.74) is 3.19. The molecule has 0 spiro atoms. The van der Waals surface area contributed by atoms with Gasteiger partial charge in [0.25, 0.3) is 0 Å². The molecule has 0 aliphatic carbocycles. The number of aryl methyl sites for hydroxylation is 1. The first kappa shape index (κ1) is 16.1. The second kappa shape index (κ2) is 7.21. The van der Waals surface area contributed by atoms with E-state index in [4.69, 9.17) is 0 Å². The summed E-state index contributed by atoms with van der Waals surface area (Å²) in [5, 5.41) is 2.61. The third-order valence-corrected chi connectivity index (χ3v) is 4.15. The molecular formula is C18H22N4O2. The maximum absolute atomic E-state index is 11.2. The fourth-order valence-corrected chi connectivity index (χ4v) is 2.83. The van der Waals surface area contributed by atoms with Gasteiger partial charge in [-0.05, 0) is 36.8 Å². The van der Waals surface area contributed by atoms with Crippen molar-refractivity contribution < 1.29 is 9.53 Å². The van der Waals surface area contributed by atoms with E-state index in [1.807, 2.05) is 12.1 Å². The Labute approximate surface area is 142 Å². The highest BCUT2D eigenvalue weighted by Crippen LogP contribution is 2.21. The number of nitrogens with one attached hydrogen (secondary N) is 1. The van der Waals surface area contributed by atoms with Gasteiger partial charge in [-0.15, -0.1) is 0 Å².